The lowest BCUT2D eigenvalue weighted by Crippen LogP contribution is -1.89. The minimum absolute atomic E-state index is 0.994. The molecule has 0 fully saturated rings. The molecule has 0 atom stereocenters. The average Bonchev–Trinajstić information content (AvgIpc) is 2.75. The van der Waals surface area contributed by atoms with Gasteiger partial charge in [0.2, 0.25) is 0 Å². The maximum Gasteiger partial charge on any atom is 0.115 e. The maximum absolute atomic E-state index is 4.23. The van der Waals surface area contributed by atoms with Gasteiger partial charge in [-0.15, -0.1) is 0 Å². The van der Waals surface area contributed by atoms with Crippen LogP contribution in [0.5, 0.6) is 0 Å². The Morgan fingerprint density at radius 3 is 2.56 bits per heavy atom. The number of unbranched alkanes of at least 4 members (excludes halogenated alkanes) is 1. The summed E-state index contributed by atoms with van der Waals surface area (Å²) in [6.07, 6.45) is 3.34. The quantitative estimate of drug-likeness (QED) is 0.851. The van der Waals surface area contributed by atoms with Crippen molar-refractivity contribution >= 4 is 0 Å². The molecule has 0 bridgehead atoms. The van der Waals surface area contributed by atoms with Gasteiger partial charge in [-0.2, -0.15) is 15.4 Å². The summed E-state index contributed by atoms with van der Waals surface area (Å²) in [5.41, 5.74) is 4.48. The average molecular weight is 215 g/mol. The summed E-state index contributed by atoms with van der Waals surface area (Å²) in [5, 5.41) is 11.2. The minimum Gasteiger partial charge on any atom is -0.197 e. The van der Waals surface area contributed by atoms with E-state index in [1.165, 1.54) is 12.0 Å². The molecule has 0 saturated heterocycles. The SMILES string of the molecule is CCCCc1n[nH]nc1-c1ccc(C)cc1. The van der Waals surface area contributed by atoms with Crippen molar-refractivity contribution in [1.29, 1.82) is 0 Å². The smallest absolute Gasteiger partial charge is 0.115 e. The molecule has 0 amide bonds. The van der Waals surface area contributed by atoms with Crippen LogP contribution in [0.4, 0.5) is 0 Å². The second-order valence-electron chi connectivity index (χ2n) is 4.09. The van der Waals surface area contributed by atoms with E-state index in [4.69, 9.17) is 0 Å². The number of H-pyrrole nitrogens is 1. The van der Waals surface area contributed by atoms with Gasteiger partial charge >= 0.3 is 0 Å². The molecular formula is C13H17N3. The molecule has 0 unspecified atom stereocenters. The number of aryl methyl sites for hydroxylation is 2. The molecule has 2 rings (SSSR count). The van der Waals surface area contributed by atoms with Crippen LogP contribution in [0.15, 0.2) is 24.3 Å². The molecule has 0 radical (unpaired) electrons. The first-order valence-electron chi connectivity index (χ1n) is 5.78. The Bertz CT molecular complexity index is 442. The highest BCUT2D eigenvalue weighted by molar-refractivity contribution is 5.61. The van der Waals surface area contributed by atoms with Crippen LogP contribution >= 0.6 is 0 Å². The molecule has 0 aliphatic heterocycles. The zero-order chi connectivity index (χ0) is 11.4. The highest BCUT2D eigenvalue weighted by Crippen LogP contribution is 2.21. The summed E-state index contributed by atoms with van der Waals surface area (Å²) >= 11 is 0. The number of nitrogens with one attached hydrogen (secondary N) is 1. The third-order valence-electron chi connectivity index (χ3n) is 2.71. The normalized spacial score (nSPS) is 10.6. The Morgan fingerprint density at radius 1 is 1.12 bits per heavy atom. The lowest BCUT2D eigenvalue weighted by Gasteiger charge is -2.00. The van der Waals surface area contributed by atoms with Crippen molar-refractivity contribution in [3.05, 3.63) is 35.5 Å². The summed E-state index contributed by atoms with van der Waals surface area (Å²) in [6, 6.07) is 8.41. The monoisotopic (exact) mass is 215 g/mol. The Balaban J connectivity index is 2.26. The van der Waals surface area contributed by atoms with Crippen LogP contribution in [-0.4, -0.2) is 15.4 Å². The van der Waals surface area contributed by atoms with Gasteiger partial charge in [-0.05, 0) is 19.8 Å². The van der Waals surface area contributed by atoms with Crippen molar-refractivity contribution in [2.45, 2.75) is 33.1 Å². The molecular weight excluding hydrogens is 198 g/mol. The highest BCUT2D eigenvalue weighted by Gasteiger charge is 2.08. The van der Waals surface area contributed by atoms with Crippen molar-refractivity contribution in [2.75, 3.05) is 0 Å². The fourth-order valence-corrected chi connectivity index (χ4v) is 1.71. The molecule has 1 N–H and O–H groups in total. The number of aromatic nitrogens is 3. The molecule has 84 valence electrons. The minimum atomic E-state index is 0.994. The fraction of sp³-hybridized carbons (Fsp3) is 0.385. The van der Waals surface area contributed by atoms with E-state index in [0.29, 0.717) is 0 Å². The van der Waals surface area contributed by atoms with Crippen molar-refractivity contribution in [2.24, 2.45) is 0 Å². The van der Waals surface area contributed by atoms with E-state index in [1.807, 2.05) is 0 Å². The first-order valence-corrected chi connectivity index (χ1v) is 5.78. The zero-order valence-electron chi connectivity index (χ0n) is 9.83. The van der Waals surface area contributed by atoms with Gasteiger partial charge in [0.25, 0.3) is 0 Å². The van der Waals surface area contributed by atoms with Gasteiger partial charge in [0.1, 0.15) is 5.69 Å². The van der Waals surface area contributed by atoms with E-state index < -0.39 is 0 Å². The van der Waals surface area contributed by atoms with E-state index in [1.54, 1.807) is 0 Å². The van der Waals surface area contributed by atoms with Crippen LogP contribution in [0.25, 0.3) is 11.3 Å². The van der Waals surface area contributed by atoms with Gasteiger partial charge in [-0.1, -0.05) is 43.2 Å². The zero-order valence-corrected chi connectivity index (χ0v) is 9.83. The molecule has 0 aliphatic carbocycles. The molecule has 1 aromatic heterocycles. The Kier molecular flexibility index (Phi) is 3.34. The number of nitrogens with zero attached hydrogens (tertiary/aromatic N) is 2. The molecule has 0 saturated carbocycles. The van der Waals surface area contributed by atoms with E-state index in [-0.39, 0.29) is 0 Å². The molecule has 0 aliphatic rings. The summed E-state index contributed by atoms with van der Waals surface area (Å²) in [5.74, 6) is 0. The van der Waals surface area contributed by atoms with Crippen molar-refractivity contribution < 1.29 is 0 Å². The molecule has 0 spiro atoms. The topological polar surface area (TPSA) is 41.6 Å². The largest absolute Gasteiger partial charge is 0.197 e. The molecule has 3 nitrogen and oxygen atoms in total. The Labute approximate surface area is 95.9 Å². The maximum atomic E-state index is 4.23. The standard InChI is InChI=1S/C13H17N3/c1-3-4-5-12-13(15-16-14-12)11-8-6-10(2)7-9-11/h6-9H,3-5H2,1-2H3,(H,14,15,16). The fourth-order valence-electron chi connectivity index (χ4n) is 1.71. The predicted molar refractivity (Wildman–Crippen MR) is 65.2 cm³/mol. The van der Waals surface area contributed by atoms with Crippen molar-refractivity contribution in [3.63, 3.8) is 0 Å². The van der Waals surface area contributed by atoms with Crippen molar-refractivity contribution in [3.8, 4) is 11.3 Å². The number of rotatable bonds is 4. The van der Waals surface area contributed by atoms with E-state index in [0.717, 1.165) is 29.8 Å². The number of hydrogen-bond acceptors (Lipinski definition) is 2. The number of aromatic amines is 1. The summed E-state index contributed by atoms with van der Waals surface area (Å²) in [7, 11) is 0. The predicted octanol–water partition coefficient (Wildman–Crippen LogP) is 3.12. The third kappa shape index (κ3) is 2.30. The summed E-state index contributed by atoms with van der Waals surface area (Å²) in [4.78, 5) is 0. The van der Waals surface area contributed by atoms with Crippen LogP contribution in [0.1, 0.15) is 31.0 Å². The van der Waals surface area contributed by atoms with Gasteiger partial charge in [0, 0.05) is 5.56 Å². The van der Waals surface area contributed by atoms with Crippen LogP contribution in [0.3, 0.4) is 0 Å². The number of hydrogen-bond donors (Lipinski definition) is 1. The lowest BCUT2D eigenvalue weighted by atomic mass is 10.1. The second-order valence-corrected chi connectivity index (χ2v) is 4.09. The second kappa shape index (κ2) is 4.92. The molecule has 3 heteroatoms. The Hall–Kier alpha value is -1.64. The van der Waals surface area contributed by atoms with Crippen LogP contribution in [0, 0.1) is 6.92 Å². The van der Waals surface area contributed by atoms with Gasteiger partial charge < -0.3 is 0 Å². The third-order valence-corrected chi connectivity index (χ3v) is 2.71. The molecule has 2 aromatic rings. The highest BCUT2D eigenvalue weighted by atomic mass is 15.3. The van der Waals surface area contributed by atoms with E-state index in [9.17, 15) is 0 Å². The van der Waals surface area contributed by atoms with E-state index in [2.05, 4.69) is 53.5 Å². The van der Waals surface area contributed by atoms with E-state index >= 15 is 0 Å². The number of benzene rings is 1. The summed E-state index contributed by atoms with van der Waals surface area (Å²) < 4.78 is 0. The first kappa shape index (κ1) is 10.9. The summed E-state index contributed by atoms with van der Waals surface area (Å²) in [6.45, 7) is 4.27. The Morgan fingerprint density at radius 2 is 1.88 bits per heavy atom. The van der Waals surface area contributed by atoms with Gasteiger partial charge in [0.05, 0.1) is 5.69 Å². The molecule has 1 aromatic carbocycles. The van der Waals surface area contributed by atoms with Gasteiger partial charge in [-0.3, -0.25) is 0 Å². The van der Waals surface area contributed by atoms with Gasteiger partial charge in [0.15, 0.2) is 0 Å². The van der Waals surface area contributed by atoms with Crippen LogP contribution < -0.4 is 0 Å². The molecule has 1 heterocycles. The van der Waals surface area contributed by atoms with Gasteiger partial charge in [-0.25, -0.2) is 0 Å². The first-order chi connectivity index (χ1) is 7.81. The van der Waals surface area contributed by atoms with Crippen molar-refractivity contribution in [1.82, 2.24) is 15.4 Å². The lowest BCUT2D eigenvalue weighted by molar-refractivity contribution is 0.770. The molecule has 16 heavy (non-hydrogen) atoms. The van der Waals surface area contributed by atoms with Crippen LogP contribution in [0.2, 0.25) is 0 Å². The van der Waals surface area contributed by atoms with Crippen LogP contribution in [-0.2, 0) is 6.42 Å².